The van der Waals surface area contributed by atoms with Crippen LogP contribution in [0.4, 0.5) is 4.79 Å². The van der Waals surface area contributed by atoms with E-state index in [0.717, 1.165) is 25.9 Å². The van der Waals surface area contributed by atoms with Gasteiger partial charge in [0.15, 0.2) is 5.65 Å². The smallest absolute Gasteiger partial charge is 0.323 e. The molecule has 3 rings (SSSR count). The number of piperidine rings is 1. The fourth-order valence-electron chi connectivity index (χ4n) is 2.23. The van der Waals surface area contributed by atoms with Gasteiger partial charge in [-0.05, 0) is 30.9 Å². The Morgan fingerprint density at radius 3 is 2.94 bits per heavy atom. The first kappa shape index (κ1) is 11.1. The maximum absolute atomic E-state index is 12.3. The molecule has 6 nitrogen and oxygen atoms in total. The third-order valence-electron chi connectivity index (χ3n) is 3.44. The van der Waals surface area contributed by atoms with E-state index in [9.17, 15) is 4.79 Å². The van der Waals surface area contributed by atoms with Gasteiger partial charge >= 0.3 is 6.03 Å². The van der Waals surface area contributed by atoms with Crippen molar-refractivity contribution in [1.82, 2.24) is 24.9 Å². The van der Waals surface area contributed by atoms with Crippen LogP contribution < -0.4 is 0 Å². The Morgan fingerprint density at radius 1 is 1.39 bits per heavy atom. The van der Waals surface area contributed by atoms with Crippen LogP contribution in [0.25, 0.3) is 11.2 Å². The number of pyridine rings is 1. The molecule has 1 fully saturated rings. The van der Waals surface area contributed by atoms with Gasteiger partial charge in [0.2, 0.25) is 0 Å². The zero-order chi connectivity index (χ0) is 12.5. The predicted octanol–water partition coefficient (Wildman–Crippen LogP) is 1.53. The Kier molecular flexibility index (Phi) is 2.70. The average Bonchev–Trinajstić information content (AvgIpc) is 2.82. The van der Waals surface area contributed by atoms with Crippen LogP contribution >= 0.6 is 0 Å². The summed E-state index contributed by atoms with van der Waals surface area (Å²) in [5.41, 5.74) is 1.18. The summed E-state index contributed by atoms with van der Waals surface area (Å²) < 4.78 is 1.30. The minimum absolute atomic E-state index is 0.122. The number of carbonyl (C=O) groups excluding carboxylic acids is 1. The predicted molar refractivity (Wildman–Crippen MR) is 66.1 cm³/mol. The summed E-state index contributed by atoms with van der Waals surface area (Å²) in [5, 5.41) is 7.85. The second-order valence-corrected chi connectivity index (χ2v) is 4.80. The summed E-state index contributed by atoms with van der Waals surface area (Å²) in [7, 11) is 0. The van der Waals surface area contributed by atoms with Crippen LogP contribution in [0.1, 0.15) is 19.8 Å². The van der Waals surface area contributed by atoms with Crippen molar-refractivity contribution in [2.24, 2.45) is 5.92 Å². The van der Waals surface area contributed by atoms with Gasteiger partial charge in [-0.3, -0.25) is 0 Å². The maximum Gasteiger partial charge on any atom is 0.348 e. The number of rotatable bonds is 0. The van der Waals surface area contributed by atoms with Crippen molar-refractivity contribution < 1.29 is 4.79 Å². The highest BCUT2D eigenvalue weighted by Crippen LogP contribution is 2.17. The highest BCUT2D eigenvalue weighted by atomic mass is 16.2. The molecule has 1 saturated heterocycles. The molecule has 0 radical (unpaired) electrons. The molecule has 1 aliphatic rings. The molecule has 1 amide bonds. The van der Waals surface area contributed by atoms with Gasteiger partial charge in [0, 0.05) is 19.3 Å². The molecular formula is C12H15N5O. The van der Waals surface area contributed by atoms with Gasteiger partial charge in [-0.15, -0.1) is 9.78 Å². The lowest BCUT2D eigenvalue weighted by atomic mass is 10.00. The number of fused-ring (bicyclic) bond motifs is 1. The third-order valence-corrected chi connectivity index (χ3v) is 3.44. The molecule has 18 heavy (non-hydrogen) atoms. The standard InChI is InChI=1S/C12H15N5O/c1-9-4-7-16(8-5-9)12(18)17-11-10(14-15-17)3-2-6-13-11/h2-3,6,9H,4-5,7-8H2,1H3. The van der Waals surface area contributed by atoms with Crippen LogP contribution in [0.2, 0.25) is 0 Å². The first-order valence-corrected chi connectivity index (χ1v) is 6.21. The van der Waals surface area contributed by atoms with E-state index in [1.807, 2.05) is 4.90 Å². The van der Waals surface area contributed by atoms with E-state index in [1.165, 1.54) is 4.68 Å². The fraction of sp³-hybridized carbons (Fsp3) is 0.500. The van der Waals surface area contributed by atoms with E-state index >= 15 is 0 Å². The lowest BCUT2D eigenvalue weighted by Crippen LogP contribution is -2.40. The van der Waals surface area contributed by atoms with Gasteiger partial charge < -0.3 is 4.90 Å². The zero-order valence-electron chi connectivity index (χ0n) is 10.3. The molecule has 3 heterocycles. The maximum atomic E-state index is 12.3. The monoisotopic (exact) mass is 245 g/mol. The van der Waals surface area contributed by atoms with Crippen molar-refractivity contribution in [3.05, 3.63) is 18.3 Å². The molecule has 0 bridgehead atoms. The van der Waals surface area contributed by atoms with E-state index in [4.69, 9.17) is 0 Å². The summed E-state index contributed by atoms with van der Waals surface area (Å²) in [6, 6.07) is 3.47. The molecule has 94 valence electrons. The van der Waals surface area contributed by atoms with E-state index in [-0.39, 0.29) is 6.03 Å². The lowest BCUT2D eigenvalue weighted by Gasteiger charge is -2.29. The van der Waals surface area contributed by atoms with Crippen molar-refractivity contribution in [3.63, 3.8) is 0 Å². The second-order valence-electron chi connectivity index (χ2n) is 4.80. The molecule has 0 saturated carbocycles. The fourth-order valence-corrected chi connectivity index (χ4v) is 2.23. The van der Waals surface area contributed by atoms with Gasteiger partial charge in [0.25, 0.3) is 0 Å². The topological polar surface area (TPSA) is 63.9 Å². The quantitative estimate of drug-likeness (QED) is 0.706. The molecule has 0 N–H and O–H groups in total. The van der Waals surface area contributed by atoms with Crippen LogP contribution in [0.5, 0.6) is 0 Å². The number of hydrogen-bond donors (Lipinski definition) is 0. The molecule has 2 aromatic rings. The summed E-state index contributed by atoms with van der Waals surface area (Å²) in [4.78, 5) is 18.3. The molecule has 0 aliphatic carbocycles. The molecule has 0 spiro atoms. The van der Waals surface area contributed by atoms with Gasteiger partial charge in [0.1, 0.15) is 5.52 Å². The normalized spacial score (nSPS) is 17.3. The van der Waals surface area contributed by atoms with Crippen LogP contribution in [-0.2, 0) is 0 Å². The van der Waals surface area contributed by atoms with E-state index < -0.39 is 0 Å². The summed E-state index contributed by atoms with van der Waals surface area (Å²) in [6.07, 6.45) is 3.74. The van der Waals surface area contributed by atoms with Crippen LogP contribution in [-0.4, -0.2) is 44.0 Å². The number of likely N-dealkylation sites (tertiary alicyclic amines) is 1. The highest BCUT2D eigenvalue weighted by Gasteiger charge is 2.23. The molecule has 0 unspecified atom stereocenters. The van der Waals surface area contributed by atoms with Crippen molar-refractivity contribution >= 4 is 17.2 Å². The van der Waals surface area contributed by atoms with Crippen molar-refractivity contribution in [3.8, 4) is 0 Å². The van der Waals surface area contributed by atoms with Gasteiger partial charge in [-0.1, -0.05) is 12.1 Å². The van der Waals surface area contributed by atoms with Gasteiger partial charge in [0.05, 0.1) is 0 Å². The molecule has 1 aliphatic heterocycles. The first-order valence-electron chi connectivity index (χ1n) is 6.21. The number of nitrogens with zero attached hydrogens (tertiary/aromatic N) is 5. The zero-order valence-corrected chi connectivity index (χ0v) is 10.3. The Hall–Kier alpha value is -1.98. The van der Waals surface area contributed by atoms with Crippen molar-refractivity contribution in [2.75, 3.05) is 13.1 Å². The molecular weight excluding hydrogens is 230 g/mol. The van der Waals surface area contributed by atoms with E-state index in [2.05, 4.69) is 22.2 Å². The van der Waals surface area contributed by atoms with E-state index in [1.54, 1.807) is 18.3 Å². The van der Waals surface area contributed by atoms with Crippen molar-refractivity contribution in [1.29, 1.82) is 0 Å². The number of hydrogen-bond acceptors (Lipinski definition) is 4. The number of amides is 1. The molecule has 2 aromatic heterocycles. The molecule has 6 heteroatoms. The lowest BCUT2D eigenvalue weighted by molar-refractivity contribution is 0.173. The Labute approximate surface area is 105 Å². The van der Waals surface area contributed by atoms with Crippen molar-refractivity contribution in [2.45, 2.75) is 19.8 Å². The Balaban J connectivity index is 1.88. The minimum atomic E-state index is -0.122. The molecule has 0 aromatic carbocycles. The number of carbonyl (C=O) groups is 1. The van der Waals surface area contributed by atoms with Crippen LogP contribution in [0.15, 0.2) is 18.3 Å². The average molecular weight is 245 g/mol. The van der Waals surface area contributed by atoms with E-state index in [0.29, 0.717) is 17.1 Å². The van der Waals surface area contributed by atoms with Gasteiger partial charge in [-0.25, -0.2) is 9.78 Å². The second kappa shape index (κ2) is 4.36. The SMILES string of the molecule is CC1CCN(C(=O)n2nnc3cccnc32)CC1. The van der Waals surface area contributed by atoms with Crippen LogP contribution in [0, 0.1) is 5.92 Å². The van der Waals surface area contributed by atoms with Crippen LogP contribution in [0.3, 0.4) is 0 Å². The first-order chi connectivity index (χ1) is 8.75. The highest BCUT2D eigenvalue weighted by molar-refractivity contribution is 5.85. The summed E-state index contributed by atoms with van der Waals surface area (Å²) in [6.45, 7) is 3.79. The largest absolute Gasteiger partial charge is 0.348 e. The number of aromatic nitrogens is 4. The minimum Gasteiger partial charge on any atom is -0.323 e. The summed E-state index contributed by atoms with van der Waals surface area (Å²) in [5.74, 6) is 0.694. The Morgan fingerprint density at radius 2 is 2.17 bits per heavy atom. The third kappa shape index (κ3) is 1.83. The van der Waals surface area contributed by atoms with Gasteiger partial charge in [-0.2, -0.15) is 0 Å². The molecule has 0 atom stereocenters. The summed E-state index contributed by atoms with van der Waals surface area (Å²) >= 11 is 0. The Bertz CT molecular complexity index is 571.